The molecule has 3 nitrogen and oxygen atoms in total. The van der Waals surface area contributed by atoms with E-state index >= 15 is 0 Å². The zero-order valence-corrected chi connectivity index (χ0v) is 11.7. The number of nitrogens with one attached hydrogen (secondary N) is 1. The lowest BCUT2D eigenvalue weighted by molar-refractivity contribution is -0.132. The lowest BCUT2D eigenvalue weighted by Gasteiger charge is -2.26. The molecule has 1 rings (SSSR count). The maximum Gasteiger partial charge on any atom is 0.224 e. The highest BCUT2D eigenvalue weighted by Crippen LogP contribution is 2.14. The van der Waals surface area contributed by atoms with Crippen LogP contribution in [0.25, 0.3) is 0 Å². The maximum atomic E-state index is 12.2. The number of nitrogens with zero attached hydrogens (tertiary/aromatic N) is 1. The van der Waals surface area contributed by atoms with Gasteiger partial charge in [-0.1, -0.05) is 26.7 Å². The van der Waals surface area contributed by atoms with Crippen molar-refractivity contribution in [1.29, 1.82) is 0 Å². The van der Waals surface area contributed by atoms with Crippen LogP contribution in [-0.4, -0.2) is 36.5 Å². The van der Waals surface area contributed by atoms with E-state index in [0.29, 0.717) is 24.3 Å². The van der Waals surface area contributed by atoms with Gasteiger partial charge in [0.25, 0.3) is 0 Å². The molecule has 0 aromatic carbocycles. The van der Waals surface area contributed by atoms with Crippen LogP contribution in [0.5, 0.6) is 0 Å². The molecule has 0 radical (unpaired) electrons. The summed E-state index contributed by atoms with van der Waals surface area (Å²) in [6.45, 7) is 9.38. The van der Waals surface area contributed by atoms with Gasteiger partial charge in [0.05, 0.1) is 0 Å². The summed E-state index contributed by atoms with van der Waals surface area (Å²) in [6.07, 6.45) is 5.41. The Hall–Kier alpha value is -0.570. The fourth-order valence-corrected chi connectivity index (χ4v) is 2.54. The summed E-state index contributed by atoms with van der Waals surface area (Å²) >= 11 is 0. The number of amides is 1. The summed E-state index contributed by atoms with van der Waals surface area (Å²) in [4.78, 5) is 14.2. The Balaban J connectivity index is 2.39. The molecule has 0 bridgehead atoms. The highest BCUT2D eigenvalue weighted by Gasteiger charge is 2.22. The number of rotatable bonds is 7. The van der Waals surface area contributed by atoms with Crippen molar-refractivity contribution >= 4 is 5.91 Å². The monoisotopic (exact) mass is 240 g/mol. The van der Waals surface area contributed by atoms with E-state index in [-0.39, 0.29) is 0 Å². The number of hydrogen-bond donors (Lipinski definition) is 1. The Kier molecular flexibility index (Phi) is 6.56. The molecule has 1 aliphatic rings. The summed E-state index contributed by atoms with van der Waals surface area (Å²) in [7, 11) is 0. The molecule has 1 N–H and O–H groups in total. The molecule has 0 aromatic rings. The highest BCUT2D eigenvalue weighted by atomic mass is 16.2. The highest BCUT2D eigenvalue weighted by molar-refractivity contribution is 5.76. The predicted octanol–water partition coefficient (Wildman–Crippen LogP) is 2.41. The molecule has 1 atom stereocenters. The molecule has 17 heavy (non-hydrogen) atoms. The Bertz CT molecular complexity index is 220. The average molecular weight is 240 g/mol. The molecule has 100 valence electrons. The minimum absolute atomic E-state index is 0.332. The van der Waals surface area contributed by atoms with E-state index < -0.39 is 0 Å². The molecule has 1 unspecified atom stereocenters. The normalized spacial score (nSPS) is 19.9. The predicted molar refractivity (Wildman–Crippen MR) is 72.0 cm³/mol. The van der Waals surface area contributed by atoms with Crippen LogP contribution in [0.4, 0.5) is 0 Å². The number of hydrogen-bond acceptors (Lipinski definition) is 2. The van der Waals surface area contributed by atoms with Crippen LogP contribution in [0.2, 0.25) is 0 Å². The Morgan fingerprint density at radius 3 is 2.53 bits per heavy atom. The van der Waals surface area contributed by atoms with Crippen LogP contribution >= 0.6 is 0 Å². The minimum Gasteiger partial charge on any atom is -0.343 e. The Morgan fingerprint density at radius 1 is 1.35 bits per heavy atom. The average Bonchev–Trinajstić information content (AvgIpc) is 2.83. The van der Waals surface area contributed by atoms with Crippen molar-refractivity contribution in [1.82, 2.24) is 10.2 Å². The van der Waals surface area contributed by atoms with Gasteiger partial charge in [0.2, 0.25) is 5.91 Å². The molecule has 1 fully saturated rings. The summed E-state index contributed by atoms with van der Waals surface area (Å²) in [5.74, 6) is 0.995. The molecule has 0 saturated carbocycles. The molecule has 0 aliphatic carbocycles. The first-order valence-electron chi connectivity index (χ1n) is 7.22. The summed E-state index contributed by atoms with van der Waals surface area (Å²) in [5, 5.41) is 3.40. The van der Waals surface area contributed by atoms with E-state index in [1.54, 1.807) is 0 Å². The van der Waals surface area contributed by atoms with E-state index in [2.05, 4.69) is 26.1 Å². The zero-order valence-electron chi connectivity index (χ0n) is 11.7. The van der Waals surface area contributed by atoms with Crippen molar-refractivity contribution in [3.8, 4) is 0 Å². The molecule has 3 heteroatoms. The topological polar surface area (TPSA) is 32.3 Å². The van der Waals surface area contributed by atoms with Crippen LogP contribution in [-0.2, 0) is 4.79 Å². The summed E-state index contributed by atoms with van der Waals surface area (Å²) in [6, 6.07) is 0.429. The van der Waals surface area contributed by atoms with Gasteiger partial charge in [-0.2, -0.15) is 0 Å². The van der Waals surface area contributed by atoms with Gasteiger partial charge in [0, 0.05) is 25.6 Å². The minimum atomic E-state index is 0.332. The lowest BCUT2D eigenvalue weighted by atomic mass is 10.0. The molecule has 0 spiro atoms. The van der Waals surface area contributed by atoms with Crippen LogP contribution in [0.1, 0.15) is 52.9 Å². The van der Waals surface area contributed by atoms with Crippen molar-refractivity contribution in [2.45, 2.75) is 58.9 Å². The molecule has 0 aromatic heterocycles. The van der Waals surface area contributed by atoms with E-state index in [0.717, 1.165) is 26.1 Å². The maximum absolute atomic E-state index is 12.2. The van der Waals surface area contributed by atoms with Gasteiger partial charge >= 0.3 is 0 Å². The van der Waals surface area contributed by atoms with E-state index in [9.17, 15) is 4.79 Å². The Labute approximate surface area is 106 Å². The molecule has 1 saturated heterocycles. The van der Waals surface area contributed by atoms with Gasteiger partial charge in [-0.25, -0.2) is 0 Å². The fourth-order valence-electron chi connectivity index (χ4n) is 2.54. The third-order valence-corrected chi connectivity index (χ3v) is 3.95. The van der Waals surface area contributed by atoms with Gasteiger partial charge in [0.15, 0.2) is 0 Å². The third kappa shape index (κ3) is 4.66. The first-order valence-corrected chi connectivity index (χ1v) is 7.22. The number of carbonyl (C=O) groups is 1. The number of carbonyl (C=O) groups excluding carboxylic acids is 1. The van der Waals surface area contributed by atoms with Gasteiger partial charge < -0.3 is 10.2 Å². The van der Waals surface area contributed by atoms with Crippen LogP contribution in [0.3, 0.4) is 0 Å². The second-order valence-corrected chi connectivity index (χ2v) is 5.11. The van der Waals surface area contributed by atoms with Gasteiger partial charge in [-0.3, -0.25) is 4.79 Å². The molecular weight excluding hydrogens is 212 g/mol. The van der Waals surface area contributed by atoms with Crippen LogP contribution < -0.4 is 5.32 Å². The first kappa shape index (κ1) is 14.5. The third-order valence-electron chi connectivity index (χ3n) is 3.95. The van der Waals surface area contributed by atoms with Crippen molar-refractivity contribution in [3.63, 3.8) is 0 Å². The quantitative estimate of drug-likeness (QED) is 0.741. The van der Waals surface area contributed by atoms with Crippen molar-refractivity contribution in [2.75, 3.05) is 19.6 Å². The molecular formula is C14H28N2O. The van der Waals surface area contributed by atoms with Crippen LogP contribution in [0.15, 0.2) is 0 Å². The van der Waals surface area contributed by atoms with E-state index in [1.807, 2.05) is 4.90 Å². The summed E-state index contributed by atoms with van der Waals surface area (Å²) < 4.78 is 0. The van der Waals surface area contributed by atoms with Crippen molar-refractivity contribution < 1.29 is 4.79 Å². The zero-order chi connectivity index (χ0) is 12.7. The second kappa shape index (κ2) is 7.70. The SMILES string of the molecule is CCC(CC)CN(CC)C(=O)CC1CCCN1. The molecule has 1 amide bonds. The standard InChI is InChI=1S/C14H28N2O/c1-4-12(5-2)11-16(6-3)14(17)10-13-8-7-9-15-13/h12-13,15H,4-11H2,1-3H3. The summed E-state index contributed by atoms with van der Waals surface area (Å²) in [5.41, 5.74) is 0. The fraction of sp³-hybridized carbons (Fsp3) is 0.929. The van der Waals surface area contributed by atoms with Gasteiger partial charge in [0.1, 0.15) is 0 Å². The molecule has 1 heterocycles. The van der Waals surface area contributed by atoms with Gasteiger partial charge in [-0.15, -0.1) is 0 Å². The lowest BCUT2D eigenvalue weighted by Crippen LogP contribution is -2.38. The smallest absolute Gasteiger partial charge is 0.224 e. The van der Waals surface area contributed by atoms with E-state index in [4.69, 9.17) is 0 Å². The first-order chi connectivity index (χ1) is 8.21. The van der Waals surface area contributed by atoms with Crippen LogP contribution in [0, 0.1) is 5.92 Å². The Morgan fingerprint density at radius 2 is 2.06 bits per heavy atom. The second-order valence-electron chi connectivity index (χ2n) is 5.11. The van der Waals surface area contributed by atoms with Gasteiger partial charge in [-0.05, 0) is 32.2 Å². The molecule has 1 aliphatic heterocycles. The van der Waals surface area contributed by atoms with E-state index in [1.165, 1.54) is 19.3 Å². The largest absolute Gasteiger partial charge is 0.343 e. The van der Waals surface area contributed by atoms with Crippen molar-refractivity contribution in [3.05, 3.63) is 0 Å². The van der Waals surface area contributed by atoms with Crippen molar-refractivity contribution in [2.24, 2.45) is 5.92 Å².